The standard InChI is InChI=1S/C23H28O3/c1-5-6-15-26-20-13-9-18(10-14-20)22(25)16-21(24)17-7-11-19(12-8-17)23(2,3)4/h7-14H,5-6,15-16H2,1-4H3. The number of carbonyl (C=O) groups excluding carboxylic acids is 2. The van der Waals surface area contributed by atoms with Crippen molar-refractivity contribution in [2.45, 2.75) is 52.4 Å². The van der Waals surface area contributed by atoms with E-state index in [1.807, 2.05) is 12.1 Å². The van der Waals surface area contributed by atoms with Gasteiger partial charge in [-0.2, -0.15) is 0 Å². The number of hydrogen-bond donors (Lipinski definition) is 0. The van der Waals surface area contributed by atoms with E-state index in [4.69, 9.17) is 4.74 Å². The molecule has 0 aliphatic rings. The lowest BCUT2D eigenvalue weighted by molar-refractivity contribution is 0.0894. The second-order valence-electron chi connectivity index (χ2n) is 7.58. The fourth-order valence-corrected chi connectivity index (χ4v) is 2.58. The first-order valence-electron chi connectivity index (χ1n) is 9.21. The Balaban J connectivity index is 1.97. The van der Waals surface area contributed by atoms with E-state index in [1.165, 1.54) is 5.56 Å². The van der Waals surface area contributed by atoms with Gasteiger partial charge in [0.1, 0.15) is 5.75 Å². The highest BCUT2D eigenvalue weighted by Gasteiger charge is 2.16. The molecule has 2 aromatic rings. The summed E-state index contributed by atoms with van der Waals surface area (Å²) in [5, 5.41) is 0. The lowest BCUT2D eigenvalue weighted by atomic mass is 9.86. The molecule has 0 saturated heterocycles. The maximum atomic E-state index is 12.4. The number of unbranched alkanes of at least 4 members (excludes halogenated alkanes) is 1. The van der Waals surface area contributed by atoms with Crippen LogP contribution in [-0.4, -0.2) is 18.2 Å². The van der Waals surface area contributed by atoms with Crippen molar-refractivity contribution >= 4 is 11.6 Å². The minimum atomic E-state index is -0.171. The predicted molar refractivity (Wildman–Crippen MR) is 105 cm³/mol. The normalized spacial score (nSPS) is 11.2. The number of benzene rings is 2. The molecule has 2 rings (SSSR count). The zero-order chi connectivity index (χ0) is 19.2. The lowest BCUT2D eigenvalue weighted by Crippen LogP contribution is -2.12. The Hall–Kier alpha value is -2.42. The minimum absolute atomic E-state index is 0.0400. The first-order chi connectivity index (χ1) is 12.3. The zero-order valence-electron chi connectivity index (χ0n) is 16.2. The average molecular weight is 352 g/mol. The highest BCUT2D eigenvalue weighted by Crippen LogP contribution is 2.23. The van der Waals surface area contributed by atoms with Crippen molar-refractivity contribution in [1.29, 1.82) is 0 Å². The molecule has 138 valence electrons. The van der Waals surface area contributed by atoms with Gasteiger partial charge in [0.05, 0.1) is 13.0 Å². The number of carbonyl (C=O) groups is 2. The molecule has 0 aromatic heterocycles. The Labute approximate surface area is 156 Å². The van der Waals surface area contributed by atoms with Gasteiger partial charge in [-0.1, -0.05) is 58.4 Å². The van der Waals surface area contributed by atoms with Crippen LogP contribution in [-0.2, 0) is 5.41 Å². The third kappa shape index (κ3) is 5.55. The van der Waals surface area contributed by atoms with Gasteiger partial charge in [-0.25, -0.2) is 0 Å². The third-order valence-corrected chi connectivity index (χ3v) is 4.34. The van der Waals surface area contributed by atoms with Crippen LogP contribution in [0.2, 0.25) is 0 Å². The molecule has 0 atom stereocenters. The summed E-state index contributed by atoms with van der Waals surface area (Å²) < 4.78 is 5.59. The van der Waals surface area contributed by atoms with Gasteiger partial charge >= 0.3 is 0 Å². The average Bonchev–Trinajstić information content (AvgIpc) is 2.62. The number of rotatable bonds is 8. The van der Waals surface area contributed by atoms with Gasteiger partial charge < -0.3 is 4.74 Å². The van der Waals surface area contributed by atoms with Crippen LogP contribution in [0, 0.1) is 0 Å². The van der Waals surface area contributed by atoms with E-state index in [-0.39, 0.29) is 23.4 Å². The van der Waals surface area contributed by atoms with Crippen molar-refractivity contribution in [3.8, 4) is 5.75 Å². The van der Waals surface area contributed by atoms with E-state index in [9.17, 15) is 9.59 Å². The molecule has 0 amide bonds. The Morgan fingerprint density at radius 1 is 0.846 bits per heavy atom. The first kappa shape index (κ1) is 19.9. The molecule has 0 bridgehead atoms. The molecule has 26 heavy (non-hydrogen) atoms. The fraction of sp³-hybridized carbons (Fsp3) is 0.391. The molecule has 0 fully saturated rings. The number of ether oxygens (including phenoxy) is 1. The van der Waals surface area contributed by atoms with E-state index in [0.717, 1.165) is 18.6 Å². The molecular weight excluding hydrogens is 324 g/mol. The number of Topliss-reactive ketones (excluding diaryl/α,β-unsaturated/α-hetero) is 2. The number of ketones is 2. The van der Waals surface area contributed by atoms with Crippen molar-refractivity contribution < 1.29 is 14.3 Å². The maximum Gasteiger partial charge on any atom is 0.170 e. The van der Waals surface area contributed by atoms with Gasteiger partial charge in [-0.05, 0) is 41.7 Å². The Morgan fingerprint density at radius 2 is 1.35 bits per heavy atom. The quantitative estimate of drug-likeness (QED) is 0.352. The Bertz CT molecular complexity index is 735. The summed E-state index contributed by atoms with van der Waals surface area (Å²) in [6.45, 7) is 9.17. The van der Waals surface area contributed by atoms with Crippen LogP contribution in [0.1, 0.15) is 73.2 Å². The van der Waals surface area contributed by atoms with Crippen LogP contribution in [0.25, 0.3) is 0 Å². The van der Waals surface area contributed by atoms with Crippen LogP contribution >= 0.6 is 0 Å². The van der Waals surface area contributed by atoms with Crippen LogP contribution in [0.15, 0.2) is 48.5 Å². The molecule has 2 aromatic carbocycles. The van der Waals surface area contributed by atoms with E-state index in [1.54, 1.807) is 36.4 Å². The van der Waals surface area contributed by atoms with Gasteiger partial charge in [0.2, 0.25) is 0 Å². The van der Waals surface area contributed by atoms with E-state index < -0.39 is 0 Å². The molecule has 0 heterocycles. The fourth-order valence-electron chi connectivity index (χ4n) is 2.58. The maximum absolute atomic E-state index is 12.4. The van der Waals surface area contributed by atoms with E-state index in [2.05, 4.69) is 27.7 Å². The highest BCUT2D eigenvalue weighted by molar-refractivity contribution is 6.13. The third-order valence-electron chi connectivity index (χ3n) is 4.34. The first-order valence-corrected chi connectivity index (χ1v) is 9.21. The van der Waals surface area contributed by atoms with Crippen LogP contribution in [0.4, 0.5) is 0 Å². The monoisotopic (exact) mass is 352 g/mol. The number of hydrogen-bond acceptors (Lipinski definition) is 3. The summed E-state index contributed by atoms with van der Waals surface area (Å²) in [6, 6.07) is 14.5. The molecule has 0 aliphatic carbocycles. The molecule has 3 nitrogen and oxygen atoms in total. The summed E-state index contributed by atoms with van der Waals surface area (Å²) in [5.41, 5.74) is 2.32. The van der Waals surface area contributed by atoms with Gasteiger partial charge in [0.25, 0.3) is 0 Å². The lowest BCUT2D eigenvalue weighted by Gasteiger charge is -2.18. The second-order valence-corrected chi connectivity index (χ2v) is 7.58. The molecule has 0 radical (unpaired) electrons. The molecule has 0 unspecified atom stereocenters. The van der Waals surface area contributed by atoms with Crippen LogP contribution in [0.3, 0.4) is 0 Å². The van der Waals surface area contributed by atoms with Crippen LogP contribution < -0.4 is 4.74 Å². The molecular formula is C23H28O3. The van der Waals surface area contributed by atoms with Crippen molar-refractivity contribution in [2.24, 2.45) is 0 Å². The predicted octanol–water partition coefficient (Wildman–Crippen LogP) is 5.62. The van der Waals surface area contributed by atoms with Crippen molar-refractivity contribution in [3.63, 3.8) is 0 Å². The Morgan fingerprint density at radius 3 is 1.81 bits per heavy atom. The summed E-state index contributed by atoms with van der Waals surface area (Å²) in [7, 11) is 0. The smallest absolute Gasteiger partial charge is 0.170 e. The van der Waals surface area contributed by atoms with E-state index >= 15 is 0 Å². The minimum Gasteiger partial charge on any atom is -0.494 e. The van der Waals surface area contributed by atoms with Gasteiger partial charge in [-0.3, -0.25) is 9.59 Å². The summed E-state index contributed by atoms with van der Waals surface area (Å²) in [4.78, 5) is 24.7. The Kier molecular flexibility index (Phi) is 6.73. The topological polar surface area (TPSA) is 43.4 Å². The molecule has 0 spiro atoms. The molecule has 0 aliphatic heterocycles. The summed E-state index contributed by atoms with van der Waals surface area (Å²) in [5.74, 6) is 0.424. The van der Waals surface area contributed by atoms with Crippen molar-refractivity contribution in [3.05, 3.63) is 65.2 Å². The van der Waals surface area contributed by atoms with Crippen LogP contribution in [0.5, 0.6) is 5.75 Å². The van der Waals surface area contributed by atoms with Gasteiger partial charge in [0, 0.05) is 11.1 Å². The van der Waals surface area contributed by atoms with Crippen molar-refractivity contribution in [1.82, 2.24) is 0 Å². The van der Waals surface area contributed by atoms with Gasteiger partial charge in [0.15, 0.2) is 11.6 Å². The van der Waals surface area contributed by atoms with E-state index in [0.29, 0.717) is 17.7 Å². The SMILES string of the molecule is CCCCOc1ccc(C(=O)CC(=O)c2ccc(C(C)(C)C)cc2)cc1. The molecule has 3 heteroatoms. The summed E-state index contributed by atoms with van der Waals surface area (Å²) in [6.07, 6.45) is 1.96. The van der Waals surface area contributed by atoms with Crippen molar-refractivity contribution in [2.75, 3.05) is 6.61 Å². The zero-order valence-corrected chi connectivity index (χ0v) is 16.2. The molecule has 0 saturated carbocycles. The van der Waals surface area contributed by atoms with Gasteiger partial charge in [-0.15, -0.1) is 0 Å². The summed E-state index contributed by atoms with van der Waals surface area (Å²) >= 11 is 0. The molecule has 0 N–H and O–H groups in total. The second kappa shape index (κ2) is 8.79. The largest absolute Gasteiger partial charge is 0.494 e. The highest BCUT2D eigenvalue weighted by atomic mass is 16.5.